The molecule has 0 aromatic carbocycles. The maximum atomic E-state index is 12.1. The van der Waals surface area contributed by atoms with Crippen molar-refractivity contribution in [2.45, 2.75) is 20.8 Å². The highest BCUT2D eigenvalue weighted by Crippen LogP contribution is 2.13. The van der Waals surface area contributed by atoms with E-state index in [4.69, 9.17) is 10.2 Å². The Hall–Kier alpha value is -1.29. The molecule has 1 unspecified atom stereocenters. The van der Waals surface area contributed by atoms with Crippen LogP contribution in [0.1, 0.15) is 30.0 Å². The molecular formula is C12H20N2O2. The Morgan fingerprint density at radius 2 is 2.31 bits per heavy atom. The summed E-state index contributed by atoms with van der Waals surface area (Å²) < 4.78 is 5.14. The lowest BCUT2D eigenvalue weighted by Crippen LogP contribution is -2.36. The second-order valence-electron chi connectivity index (χ2n) is 4.08. The SMILES string of the molecule is CCN(CC(C)CN)C(=O)c1ccoc1C. The van der Waals surface area contributed by atoms with E-state index in [1.807, 2.05) is 13.8 Å². The molecule has 0 saturated carbocycles. The summed E-state index contributed by atoms with van der Waals surface area (Å²) in [4.78, 5) is 13.9. The number of aryl methyl sites for hydroxylation is 1. The van der Waals surface area contributed by atoms with Crippen LogP contribution in [0.5, 0.6) is 0 Å². The summed E-state index contributed by atoms with van der Waals surface area (Å²) in [7, 11) is 0. The topological polar surface area (TPSA) is 59.5 Å². The number of hydrogen-bond donors (Lipinski definition) is 1. The quantitative estimate of drug-likeness (QED) is 0.827. The molecule has 1 heterocycles. The van der Waals surface area contributed by atoms with Crippen LogP contribution in [0.2, 0.25) is 0 Å². The lowest BCUT2D eigenvalue weighted by atomic mass is 10.1. The van der Waals surface area contributed by atoms with Gasteiger partial charge in [-0.15, -0.1) is 0 Å². The molecule has 0 aliphatic heterocycles. The number of nitrogens with zero attached hydrogens (tertiary/aromatic N) is 1. The van der Waals surface area contributed by atoms with Gasteiger partial charge < -0.3 is 15.1 Å². The zero-order chi connectivity index (χ0) is 12.1. The number of nitrogens with two attached hydrogens (primary N) is 1. The molecule has 0 fully saturated rings. The van der Waals surface area contributed by atoms with Gasteiger partial charge in [0, 0.05) is 13.1 Å². The van der Waals surface area contributed by atoms with Crippen LogP contribution < -0.4 is 5.73 Å². The highest BCUT2D eigenvalue weighted by atomic mass is 16.3. The first kappa shape index (κ1) is 12.8. The van der Waals surface area contributed by atoms with Crippen LogP contribution in [0.15, 0.2) is 16.7 Å². The number of carbonyl (C=O) groups excluding carboxylic acids is 1. The largest absolute Gasteiger partial charge is 0.469 e. The Labute approximate surface area is 96.4 Å². The van der Waals surface area contributed by atoms with Gasteiger partial charge in [-0.05, 0) is 32.4 Å². The first-order valence-electron chi connectivity index (χ1n) is 5.63. The van der Waals surface area contributed by atoms with E-state index in [9.17, 15) is 4.79 Å². The molecule has 1 amide bonds. The molecule has 2 N–H and O–H groups in total. The molecule has 16 heavy (non-hydrogen) atoms. The van der Waals surface area contributed by atoms with Crippen LogP contribution in [0.4, 0.5) is 0 Å². The molecule has 1 rings (SSSR count). The monoisotopic (exact) mass is 224 g/mol. The van der Waals surface area contributed by atoms with Gasteiger partial charge in [0.1, 0.15) is 5.76 Å². The van der Waals surface area contributed by atoms with Crippen molar-refractivity contribution in [1.82, 2.24) is 4.90 Å². The smallest absolute Gasteiger partial charge is 0.257 e. The normalized spacial score (nSPS) is 12.5. The van der Waals surface area contributed by atoms with Gasteiger partial charge in [0.25, 0.3) is 5.91 Å². The first-order valence-corrected chi connectivity index (χ1v) is 5.63. The maximum Gasteiger partial charge on any atom is 0.257 e. The second-order valence-corrected chi connectivity index (χ2v) is 4.08. The van der Waals surface area contributed by atoms with Gasteiger partial charge >= 0.3 is 0 Å². The molecule has 4 nitrogen and oxygen atoms in total. The number of carbonyl (C=O) groups is 1. The Morgan fingerprint density at radius 1 is 1.62 bits per heavy atom. The van der Waals surface area contributed by atoms with Gasteiger partial charge in [-0.3, -0.25) is 4.79 Å². The van der Waals surface area contributed by atoms with Crippen molar-refractivity contribution in [1.29, 1.82) is 0 Å². The third-order valence-corrected chi connectivity index (χ3v) is 2.69. The lowest BCUT2D eigenvalue weighted by Gasteiger charge is -2.23. The van der Waals surface area contributed by atoms with E-state index in [1.54, 1.807) is 24.2 Å². The third-order valence-electron chi connectivity index (χ3n) is 2.69. The van der Waals surface area contributed by atoms with Crippen molar-refractivity contribution >= 4 is 5.91 Å². The predicted octanol–water partition coefficient (Wildman–Crippen LogP) is 1.64. The van der Waals surface area contributed by atoms with E-state index < -0.39 is 0 Å². The van der Waals surface area contributed by atoms with Crippen molar-refractivity contribution in [3.8, 4) is 0 Å². The van der Waals surface area contributed by atoms with Gasteiger partial charge in [-0.25, -0.2) is 0 Å². The van der Waals surface area contributed by atoms with Gasteiger partial charge in [0.05, 0.1) is 11.8 Å². The first-order chi connectivity index (χ1) is 7.60. The Kier molecular flexibility index (Phi) is 4.55. The van der Waals surface area contributed by atoms with Crippen molar-refractivity contribution < 1.29 is 9.21 Å². The van der Waals surface area contributed by atoms with Crippen LogP contribution in [0.3, 0.4) is 0 Å². The summed E-state index contributed by atoms with van der Waals surface area (Å²) in [5.41, 5.74) is 6.21. The van der Waals surface area contributed by atoms with Crippen LogP contribution in [-0.2, 0) is 0 Å². The fraction of sp³-hybridized carbons (Fsp3) is 0.583. The highest BCUT2D eigenvalue weighted by Gasteiger charge is 2.19. The number of hydrogen-bond acceptors (Lipinski definition) is 3. The molecule has 0 spiro atoms. The zero-order valence-corrected chi connectivity index (χ0v) is 10.2. The van der Waals surface area contributed by atoms with Crippen molar-refractivity contribution in [2.24, 2.45) is 11.7 Å². The molecule has 0 radical (unpaired) electrons. The van der Waals surface area contributed by atoms with Crippen LogP contribution in [0.25, 0.3) is 0 Å². The molecule has 0 aliphatic carbocycles. The summed E-state index contributed by atoms with van der Waals surface area (Å²) >= 11 is 0. The molecule has 1 aromatic rings. The predicted molar refractivity (Wildman–Crippen MR) is 63.2 cm³/mol. The molecular weight excluding hydrogens is 204 g/mol. The van der Waals surface area contributed by atoms with Gasteiger partial charge in [0.2, 0.25) is 0 Å². The van der Waals surface area contributed by atoms with E-state index >= 15 is 0 Å². The Balaban J connectivity index is 2.74. The zero-order valence-electron chi connectivity index (χ0n) is 10.2. The minimum Gasteiger partial charge on any atom is -0.469 e. The van der Waals surface area contributed by atoms with Gasteiger partial charge in [-0.2, -0.15) is 0 Å². The number of rotatable bonds is 5. The van der Waals surface area contributed by atoms with Gasteiger partial charge in [-0.1, -0.05) is 6.92 Å². The van der Waals surface area contributed by atoms with Crippen LogP contribution >= 0.6 is 0 Å². The minimum absolute atomic E-state index is 0.0223. The molecule has 0 aliphatic rings. The van der Waals surface area contributed by atoms with Crippen molar-refractivity contribution in [3.63, 3.8) is 0 Å². The Morgan fingerprint density at radius 3 is 2.75 bits per heavy atom. The van der Waals surface area contributed by atoms with Crippen molar-refractivity contribution in [3.05, 3.63) is 23.7 Å². The van der Waals surface area contributed by atoms with E-state index in [-0.39, 0.29) is 5.91 Å². The van der Waals surface area contributed by atoms with Crippen LogP contribution in [-0.4, -0.2) is 30.4 Å². The van der Waals surface area contributed by atoms with Crippen LogP contribution in [0, 0.1) is 12.8 Å². The van der Waals surface area contributed by atoms with E-state index in [2.05, 4.69) is 0 Å². The summed E-state index contributed by atoms with van der Waals surface area (Å²) in [5, 5.41) is 0. The lowest BCUT2D eigenvalue weighted by molar-refractivity contribution is 0.0742. The van der Waals surface area contributed by atoms with Crippen molar-refractivity contribution in [2.75, 3.05) is 19.6 Å². The Bertz CT molecular complexity index is 347. The fourth-order valence-corrected chi connectivity index (χ4v) is 1.58. The molecule has 4 heteroatoms. The van der Waals surface area contributed by atoms with Gasteiger partial charge in [0.15, 0.2) is 0 Å². The van der Waals surface area contributed by atoms with E-state index in [0.29, 0.717) is 36.9 Å². The van der Waals surface area contributed by atoms with E-state index in [1.165, 1.54) is 0 Å². The summed E-state index contributed by atoms with van der Waals surface area (Å²) in [5.74, 6) is 1.01. The molecule has 90 valence electrons. The molecule has 0 bridgehead atoms. The molecule has 1 aromatic heterocycles. The maximum absolute atomic E-state index is 12.1. The van der Waals surface area contributed by atoms with E-state index in [0.717, 1.165) is 0 Å². The summed E-state index contributed by atoms with van der Waals surface area (Å²) in [6, 6.07) is 1.72. The average Bonchev–Trinajstić information content (AvgIpc) is 2.71. The highest BCUT2D eigenvalue weighted by molar-refractivity contribution is 5.95. The second kappa shape index (κ2) is 5.70. The molecule has 1 atom stereocenters. The standard InChI is InChI=1S/C12H20N2O2/c1-4-14(8-9(2)7-13)12(15)11-5-6-16-10(11)3/h5-6,9H,4,7-8,13H2,1-3H3. The fourth-order valence-electron chi connectivity index (χ4n) is 1.58. The summed E-state index contributed by atoms with van der Waals surface area (Å²) in [6.07, 6.45) is 1.54. The summed E-state index contributed by atoms with van der Waals surface area (Å²) in [6.45, 7) is 7.78. The average molecular weight is 224 g/mol. The number of amides is 1. The minimum atomic E-state index is 0.0223. The number of furan rings is 1. The third kappa shape index (κ3) is 2.85. The molecule has 0 saturated heterocycles.